The highest BCUT2D eigenvalue weighted by Gasteiger charge is 2.35. The molecule has 0 aromatic heterocycles. The molecule has 0 bridgehead atoms. The van der Waals surface area contributed by atoms with Crippen molar-refractivity contribution in [2.75, 3.05) is 25.5 Å². The van der Waals surface area contributed by atoms with Crippen molar-refractivity contribution in [1.82, 2.24) is 4.90 Å². The summed E-state index contributed by atoms with van der Waals surface area (Å²) in [7, 11) is -1.81. The van der Waals surface area contributed by atoms with E-state index < -0.39 is 21.6 Å². The molecule has 28 heavy (non-hydrogen) atoms. The molecule has 2 atom stereocenters. The van der Waals surface area contributed by atoms with E-state index >= 15 is 0 Å². The number of likely N-dealkylation sites (tertiary alicyclic amines) is 1. The Morgan fingerprint density at radius 3 is 2.32 bits per heavy atom. The second kappa shape index (κ2) is 6.77. The van der Waals surface area contributed by atoms with Crippen molar-refractivity contribution in [1.29, 1.82) is 0 Å². The summed E-state index contributed by atoms with van der Waals surface area (Å²) >= 11 is 0. The molecule has 0 aliphatic carbocycles. The Hall–Kier alpha value is -2.06. The lowest BCUT2D eigenvalue weighted by Gasteiger charge is -2.16. The van der Waals surface area contributed by atoms with Gasteiger partial charge in [0, 0.05) is 17.6 Å². The number of nitrogens with zero attached hydrogens (tertiary/aromatic N) is 1. The second-order valence-corrected chi connectivity index (χ2v) is 9.46. The number of alkyl halides is 3. The molecule has 0 amide bonds. The predicted molar refractivity (Wildman–Crippen MR) is 100 cm³/mol. The van der Waals surface area contributed by atoms with Gasteiger partial charge in [0.15, 0.2) is 0 Å². The molecule has 0 radical (unpaired) electrons. The molecule has 0 unspecified atom stereocenters. The lowest BCUT2D eigenvalue weighted by molar-refractivity contribution is -0.137. The minimum absolute atomic E-state index is 0.117. The SMILES string of the molecule is CN1CC[C@@H]2c3cc(S(=O)(=O)c4ccc(C(F)(F)F)cc4)ccc3N[C@@H]2CC1. The number of benzene rings is 2. The summed E-state index contributed by atoms with van der Waals surface area (Å²) in [5.74, 6) is 0.239. The van der Waals surface area contributed by atoms with Crippen LogP contribution in [-0.2, 0) is 16.0 Å². The molecule has 1 N–H and O–H groups in total. The van der Waals surface area contributed by atoms with E-state index in [1.54, 1.807) is 12.1 Å². The number of anilines is 1. The van der Waals surface area contributed by atoms with Gasteiger partial charge in [-0.2, -0.15) is 13.2 Å². The van der Waals surface area contributed by atoms with Crippen molar-refractivity contribution in [3.63, 3.8) is 0 Å². The average Bonchev–Trinajstić information content (AvgIpc) is 2.90. The summed E-state index contributed by atoms with van der Waals surface area (Å²) in [5, 5.41) is 3.49. The highest BCUT2D eigenvalue weighted by molar-refractivity contribution is 7.91. The van der Waals surface area contributed by atoms with Gasteiger partial charge in [0.2, 0.25) is 9.84 Å². The zero-order valence-electron chi connectivity index (χ0n) is 15.3. The second-order valence-electron chi connectivity index (χ2n) is 7.51. The van der Waals surface area contributed by atoms with Gasteiger partial charge < -0.3 is 10.2 Å². The molecule has 2 aliphatic rings. The maximum atomic E-state index is 13.0. The maximum Gasteiger partial charge on any atom is 0.416 e. The monoisotopic (exact) mass is 410 g/mol. The number of rotatable bonds is 2. The van der Waals surface area contributed by atoms with Crippen LogP contribution >= 0.6 is 0 Å². The van der Waals surface area contributed by atoms with E-state index in [1.165, 1.54) is 6.07 Å². The number of hydrogen-bond donors (Lipinski definition) is 1. The third kappa shape index (κ3) is 3.39. The van der Waals surface area contributed by atoms with Crippen LogP contribution in [0.4, 0.5) is 18.9 Å². The van der Waals surface area contributed by atoms with Crippen molar-refractivity contribution in [3.8, 4) is 0 Å². The number of fused-ring (bicyclic) bond motifs is 3. The highest BCUT2D eigenvalue weighted by atomic mass is 32.2. The van der Waals surface area contributed by atoms with Crippen molar-refractivity contribution in [2.45, 2.75) is 40.8 Å². The van der Waals surface area contributed by atoms with E-state index in [-0.39, 0.29) is 21.8 Å². The van der Waals surface area contributed by atoms with E-state index in [9.17, 15) is 21.6 Å². The zero-order chi connectivity index (χ0) is 20.1. The molecule has 2 heterocycles. The molecule has 2 aromatic rings. The summed E-state index contributed by atoms with van der Waals surface area (Å²) in [5.41, 5.74) is 1.06. The minimum Gasteiger partial charge on any atom is -0.381 e. The normalized spacial score (nSPS) is 22.9. The summed E-state index contributed by atoms with van der Waals surface area (Å²) in [6.45, 7) is 1.93. The van der Waals surface area contributed by atoms with Gasteiger partial charge in [-0.3, -0.25) is 0 Å². The molecule has 2 aliphatic heterocycles. The molecule has 0 saturated carbocycles. The Labute approximate surface area is 162 Å². The molecule has 4 rings (SSSR count). The topological polar surface area (TPSA) is 49.4 Å². The fourth-order valence-corrected chi connectivity index (χ4v) is 5.38. The van der Waals surface area contributed by atoms with Crippen LogP contribution in [0.3, 0.4) is 0 Å². The van der Waals surface area contributed by atoms with Gasteiger partial charge in [-0.25, -0.2) is 8.42 Å². The summed E-state index contributed by atoms with van der Waals surface area (Å²) < 4.78 is 64.2. The van der Waals surface area contributed by atoms with Gasteiger partial charge in [0.25, 0.3) is 0 Å². The quantitative estimate of drug-likeness (QED) is 0.809. The van der Waals surface area contributed by atoms with Gasteiger partial charge in [0.05, 0.1) is 15.4 Å². The number of nitrogens with one attached hydrogen (secondary N) is 1. The summed E-state index contributed by atoms with van der Waals surface area (Å²) in [4.78, 5) is 2.25. The Balaban J connectivity index is 1.67. The molecule has 150 valence electrons. The van der Waals surface area contributed by atoms with E-state index in [0.29, 0.717) is 0 Å². The molecule has 4 nitrogen and oxygen atoms in total. The molecular formula is C20H21F3N2O2S. The summed E-state index contributed by atoms with van der Waals surface area (Å²) in [6.07, 6.45) is -2.58. The van der Waals surface area contributed by atoms with E-state index in [1.807, 2.05) is 0 Å². The molecule has 0 spiro atoms. The largest absolute Gasteiger partial charge is 0.416 e. The van der Waals surface area contributed by atoms with Crippen LogP contribution in [0, 0.1) is 0 Å². The maximum absolute atomic E-state index is 13.0. The first-order valence-electron chi connectivity index (χ1n) is 9.17. The average molecular weight is 410 g/mol. The summed E-state index contributed by atoms with van der Waals surface area (Å²) in [6, 6.07) is 8.91. The first-order valence-corrected chi connectivity index (χ1v) is 10.7. The predicted octanol–water partition coefficient (Wildman–Crippen LogP) is 4.14. The molecule has 1 fully saturated rings. The lowest BCUT2D eigenvalue weighted by atomic mass is 9.91. The van der Waals surface area contributed by atoms with E-state index in [4.69, 9.17) is 0 Å². The third-order valence-corrected chi connectivity index (χ3v) is 7.46. The number of hydrogen-bond acceptors (Lipinski definition) is 4. The molecule has 1 saturated heterocycles. The van der Waals surface area contributed by atoms with Crippen LogP contribution in [0.5, 0.6) is 0 Å². The number of halogens is 3. The van der Waals surface area contributed by atoms with Crippen LogP contribution in [0.1, 0.15) is 29.9 Å². The van der Waals surface area contributed by atoms with Gasteiger partial charge in [-0.15, -0.1) is 0 Å². The third-order valence-electron chi connectivity index (χ3n) is 5.69. The van der Waals surface area contributed by atoms with Crippen molar-refractivity contribution >= 4 is 15.5 Å². The van der Waals surface area contributed by atoms with Gasteiger partial charge in [-0.1, -0.05) is 0 Å². The van der Waals surface area contributed by atoms with Crippen molar-refractivity contribution in [3.05, 3.63) is 53.6 Å². The Kier molecular flexibility index (Phi) is 4.66. The minimum atomic E-state index is -4.50. The Morgan fingerprint density at radius 2 is 1.64 bits per heavy atom. The van der Waals surface area contributed by atoms with Gasteiger partial charge in [-0.05, 0) is 81.0 Å². The smallest absolute Gasteiger partial charge is 0.381 e. The first-order chi connectivity index (χ1) is 13.2. The van der Waals surface area contributed by atoms with Crippen LogP contribution in [0.15, 0.2) is 52.3 Å². The standard InChI is InChI=1S/C20H21F3N2O2S/c1-25-10-8-16-17-12-15(6-7-18(17)24-19(16)9-11-25)28(26,27)14-4-2-13(3-5-14)20(21,22)23/h2-7,12,16,19,24H,8-11H2,1H3/t16-,19-/m1/s1. The van der Waals surface area contributed by atoms with E-state index in [2.05, 4.69) is 17.3 Å². The van der Waals surface area contributed by atoms with E-state index in [0.717, 1.165) is 61.4 Å². The Bertz CT molecular complexity index is 988. The fourth-order valence-electron chi connectivity index (χ4n) is 4.08. The fraction of sp³-hybridized carbons (Fsp3) is 0.400. The highest BCUT2D eigenvalue weighted by Crippen LogP contribution is 2.42. The van der Waals surface area contributed by atoms with Crippen molar-refractivity contribution in [2.24, 2.45) is 0 Å². The van der Waals surface area contributed by atoms with Crippen molar-refractivity contribution < 1.29 is 21.6 Å². The van der Waals surface area contributed by atoms with Gasteiger partial charge >= 0.3 is 6.18 Å². The van der Waals surface area contributed by atoms with Crippen LogP contribution < -0.4 is 5.32 Å². The molecular weight excluding hydrogens is 389 g/mol. The Morgan fingerprint density at radius 1 is 1.00 bits per heavy atom. The lowest BCUT2D eigenvalue weighted by Crippen LogP contribution is -2.22. The van der Waals surface area contributed by atoms with Crippen LogP contribution in [0.25, 0.3) is 0 Å². The van der Waals surface area contributed by atoms with Gasteiger partial charge in [0.1, 0.15) is 0 Å². The molecule has 8 heteroatoms. The van der Waals surface area contributed by atoms with Crippen LogP contribution in [0.2, 0.25) is 0 Å². The zero-order valence-corrected chi connectivity index (χ0v) is 16.1. The first kappa shape index (κ1) is 19.3. The molecule has 2 aromatic carbocycles. The van der Waals surface area contributed by atoms with Crippen LogP contribution in [-0.4, -0.2) is 39.5 Å². The number of sulfone groups is 1.